The van der Waals surface area contributed by atoms with E-state index in [1.165, 1.54) is 0 Å². The number of carbonyl (C=O) groups is 1. The van der Waals surface area contributed by atoms with E-state index >= 15 is 0 Å². The molecule has 0 saturated carbocycles. The summed E-state index contributed by atoms with van der Waals surface area (Å²) in [5, 5.41) is 0. The van der Waals surface area contributed by atoms with E-state index in [9.17, 15) is 4.79 Å². The molecule has 2 aromatic rings. The highest BCUT2D eigenvalue weighted by atomic mass is 32.2. The first-order valence-corrected chi connectivity index (χ1v) is 7.70. The van der Waals surface area contributed by atoms with Crippen molar-refractivity contribution in [1.82, 2.24) is 0 Å². The highest BCUT2D eigenvalue weighted by molar-refractivity contribution is 8.03. The second-order valence-electron chi connectivity index (χ2n) is 4.43. The standard InChI is InChI=1S/C18H18O2S/c1-3-20-18(19)17(15-10-6-4-7-11-15)14(2)21-16-12-8-5-9-13-16/h4-13H,3H2,1-2H3/b17-14+. The van der Waals surface area contributed by atoms with E-state index in [-0.39, 0.29) is 5.97 Å². The molecule has 2 aromatic carbocycles. The first-order valence-electron chi connectivity index (χ1n) is 6.88. The van der Waals surface area contributed by atoms with Crippen LogP contribution in [-0.2, 0) is 9.53 Å². The van der Waals surface area contributed by atoms with Crippen molar-refractivity contribution in [1.29, 1.82) is 0 Å². The highest BCUT2D eigenvalue weighted by Gasteiger charge is 2.17. The van der Waals surface area contributed by atoms with Gasteiger partial charge in [0, 0.05) is 9.80 Å². The molecule has 3 heteroatoms. The number of hydrogen-bond acceptors (Lipinski definition) is 3. The van der Waals surface area contributed by atoms with E-state index in [0.717, 1.165) is 15.4 Å². The SMILES string of the molecule is CCOC(=O)/C(=C(\C)Sc1ccccc1)c1ccccc1. The summed E-state index contributed by atoms with van der Waals surface area (Å²) in [6, 6.07) is 19.7. The van der Waals surface area contributed by atoms with Gasteiger partial charge >= 0.3 is 5.97 Å². The van der Waals surface area contributed by atoms with Crippen LogP contribution in [0, 0.1) is 0 Å². The molecule has 0 radical (unpaired) electrons. The molecule has 0 aliphatic heterocycles. The number of allylic oxidation sites excluding steroid dienone is 1. The second kappa shape index (κ2) is 7.70. The topological polar surface area (TPSA) is 26.3 Å². The van der Waals surface area contributed by atoms with Gasteiger partial charge in [-0.15, -0.1) is 0 Å². The molecule has 2 rings (SSSR count). The van der Waals surface area contributed by atoms with Crippen LogP contribution in [0.3, 0.4) is 0 Å². The highest BCUT2D eigenvalue weighted by Crippen LogP contribution is 2.33. The van der Waals surface area contributed by atoms with E-state index in [1.807, 2.05) is 74.5 Å². The average molecular weight is 298 g/mol. The predicted octanol–water partition coefficient (Wildman–Crippen LogP) is 4.77. The fraction of sp³-hybridized carbons (Fsp3) is 0.167. The van der Waals surface area contributed by atoms with E-state index in [4.69, 9.17) is 4.74 Å². The molecule has 0 bridgehead atoms. The van der Waals surface area contributed by atoms with Gasteiger partial charge in [0.1, 0.15) is 0 Å². The van der Waals surface area contributed by atoms with Crippen LogP contribution < -0.4 is 0 Å². The maximum atomic E-state index is 12.3. The van der Waals surface area contributed by atoms with Gasteiger partial charge < -0.3 is 4.74 Å². The Bertz CT molecular complexity index is 618. The van der Waals surface area contributed by atoms with Gasteiger partial charge in [-0.2, -0.15) is 0 Å². The van der Waals surface area contributed by atoms with Crippen molar-refractivity contribution in [2.45, 2.75) is 18.7 Å². The molecule has 0 spiro atoms. The van der Waals surface area contributed by atoms with Gasteiger partial charge in [0.2, 0.25) is 0 Å². The van der Waals surface area contributed by atoms with Gasteiger partial charge in [-0.3, -0.25) is 0 Å². The Hall–Kier alpha value is -2.00. The zero-order valence-electron chi connectivity index (χ0n) is 12.2. The Kier molecular flexibility index (Phi) is 5.64. The maximum Gasteiger partial charge on any atom is 0.339 e. The molecule has 2 nitrogen and oxygen atoms in total. The van der Waals surface area contributed by atoms with Gasteiger partial charge in [0.05, 0.1) is 12.2 Å². The smallest absolute Gasteiger partial charge is 0.339 e. The Morgan fingerprint density at radius 3 is 2.14 bits per heavy atom. The number of rotatable bonds is 5. The summed E-state index contributed by atoms with van der Waals surface area (Å²) in [4.78, 5) is 14.3. The molecule has 0 N–H and O–H groups in total. The van der Waals surface area contributed by atoms with Crippen LogP contribution in [0.15, 0.2) is 70.5 Å². The minimum absolute atomic E-state index is 0.273. The van der Waals surface area contributed by atoms with Crippen LogP contribution in [-0.4, -0.2) is 12.6 Å². The molecule has 21 heavy (non-hydrogen) atoms. The summed E-state index contributed by atoms with van der Waals surface area (Å²) in [6.45, 7) is 4.15. The average Bonchev–Trinajstić information content (AvgIpc) is 2.50. The lowest BCUT2D eigenvalue weighted by molar-refractivity contribution is -0.136. The first-order chi connectivity index (χ1) is 10.2. The summed E-state index contributed by atoms with van der Waals surface area (Å²) < 4.78 is 5.21. The summed E-state index contributed by atoms with van der Waals surface area (Å²) in [6.07, 6.45) is 0. The van der Waals surface area contributed by atoms with Crippen LogP contribution in [0.5, 0.6) is 0 Å². The molecule has 0 amide bonds. The van der Waals surface area contributed by atoms with Crippen LogP contribution in [0.1, 0.15) is 19.4 Å². The molecule has 0 saturated heterocycles. The second-order valence-corrected chi connectivity index (χ2v) is 5.72. The summed E-state index contributed by atoms with van der Waals surface area (Å²) in [5.41, 5.74) is 1.52. The fourth-order valence-corrected chi connectivity index (χ4v) is 2.94. The van der Waals surface area contributed by atoms with Crippen molar-refractivity contribution >= 4 is 23.3 Å². The quantitative estimate of drug-likeness (QED) is 0.452. The third kappa shape index (κ3) is 4.23. The third-order valence-corrected chi connectivity index (χ3v) is 3.93. The van der Waals surface area contributed by atoms with Gasteiger partial charge in [0.15, 0.2) is 0 Å². The van der Waals surface area contributed by atoms with E-state index in [0.29, 0.717) is 12.2 Å². The van der Waals surface area contributed by atoms with Crippen LogP contribution in [0.25, 0.3) is 5.57 Å². The molecular formula is C18H18O2S. The Labute approximate surface area is 129 Å². The number of thioether (sulfide) groups is 1. The molecule has 0 fully saturated rings. The molecule has 0 atom stereocenters. The fourth-order valence-electron chi connectivity index (χ4n) is 1.99. The Morgan fingerprint density at radius 2 is 1.57 bits per heavy atom. The number of ether oxygens (including phenoxy) is 1. The van der Waals surface area contributed by atoms with Gasteiger partial charge in [-0.1, -0.05) is 60.3 Å². The monoisotopic (exact) mass is 298 g/mol. The first kappa shape index (κ1) is 15.4. The normalized spacial score (nSPS) is 11.7. The number of benzene rings is 2. The lowest BCUT2D eigenvalue weighted by atomic mass is 10.1. The summed E-state index contributed by atoms with van der Waals surface area (Å²) in [7, 11) is 0. The van der Waals surface area contributed by atoms with Crippen LogP contribution in [0.2, 0.25) is 0 Å². The van der Waals surface area contributed by atoms with Crippen LogP contribution in [0.4, 0.5) is 0 Å². The molecule has 0 aromatic heterocycles. The number of hydrogen-bond donors (Lipinski definition) is 0. The summed E-state index contributed by atoms with van der Waals surface area (Å²) in [5.74, 6) is -0.273. The van der Waals surface area contributed by atoms with Crippen LogP contribution >= 0.6 is 11.8 Å². The van der Waals surface area contributed by atoms with Crippen molar-refractivity contribution in [3.8, 4) is 0 Å². The lowest BCUT2D eigenvalue weighted by Crippen LogP contribution is -2.08. The van der Waals surface area contributed by atoms with E-state index < -0.39 is 0 Å². The van der Waals surface area contributed by atoms with E-state index in [1.54, 1.807) is 11.8 Å². The molecule has 0 unspecified atom stereocenters. The molecular weight excluding hydrogens is 280 g/mol. The largest absolute Gasteiger partial charge is 0.462 e. The van der Waals surface area contributed by atoms with Crippen molar-refractivity contribution in [2.24, 2.45) is 0 Å². The van der Waals surface area contributed by atoms with E-state index in [2.05, 4.69) is 0 Å². The van der Waals surface area contributed by atoms with Crippen molar-refractivity contribution in [3.63, 3.8) is 0 Å². The zero-order chi connectivity index (χ0) is 15.1. The van der Waals surface area contributed by atoms with Gasteiger partial charge in [0.25, 0.3) is 0 Å². The Morgan fingerprint density at radius 1 is 1.00 bits per heavy atom. The minimum Gasteiger partial charge on any atom is -0.462 e. The third-order valence-electron chi connectivity index (χ3n) is 2.91. The van der Waals surface area contributed by atoms with Gasteiger partial charge in [-0.05, 0) is 31.5 Å². The molecule has 108 valence electrons. The minimum atomic E-state index is -0.273. The van der Waals surface area contributed by atoms with Crippen molar-refractivity contribution in [3.05, 3.63) is 71.1 Å². The predicted molar refractivity (Wildman–Crippen MR) is 88.0 cm³/mol. The molecule has 0 aliphatic carbocycles. The molecule has 0 aliphatic rings. The number of esters is 1. The summed E-state index contributed by atoms with van der Waals surface area (Å²) >= 11 is 1.58. The Balaban J connectivity index is 2.38. The number of carbonyl (C=O) groups excluding carboxylic acids is 1. The molecule has 0 heterocycles. The van der Waals surface area contributed by atoms with Gasteiger partial charge in [-0.25, -0.2) is 4.79 Å². The van der Waals surface area contributed by atoms with Crippen molar-refractivity contribution < 1.29 is 9.53 Å². The van der Waals surface area contributed by atoms with Crippen molar-refractivity contribution in [2.75, 3.05) is 6.61 Å². The maximum absolute atomic E-state index is 12.3. The lowest BCUT2D eigenvalue weighted by Gasteiger charge is -2.11. The zero-order valence-corrected chi connectivity index (χ0v) is 13.0.